The van der Waals surface area contributed by atoms with Gasteiger partial charge in [0.25, 0.3) is 0 Å². The molecule has 3 aromatic carbocycles. The van der Waals surface area contributed by atoms with Gasteiger partial charge < -0.3 is 10.1 Å². The fraction of sp³-hybridized carbons (Fsp3) is 0.259. The van der Waals surface area contributed by atoms with Gasteiger partial charge in [-0.1, -0.05) is 72.9 Å². The third-order valence-electron chi connectivity index (χ3n) is 5.43. The van der Waals surface area contributed by atoms with Crippen LogP contribution in [0.15, 0.2) is 60.7 Å². The number of anilines is 1. The normalized spacial score (nSPS) is 10.7. The zero-order valence-electron chi connectivity index (χ0n) is 18.8. The van der Waals surface area contributed by atoms with Crippen molar-refractivity contribution in [2.75, 3.05) is 12.4 Å². The van der Waals surface area contributed by atoms with E-state index in [1.165, 1.54) is 12.7 Å². The molecule has 0 unspecified atom stereocenters. The summed E-state index contributed by atoms with van der Waals surface area (Å²) >= 11 is 12.0. The number of rotatable bonds is 9. The van der Waals surface area contributed by atoms with Crippen LogP contribution >= 0.6 is 23.2 Å². The van der Waals surface area contributed by atoms with Gasteiger partial charge >= 0.3 is 5.97 Å². The van der Waals surface area contributed by atoms with Gasteiger partial charge in [-0.3, -0.25) is 4.79 Å². The molecular weight excluding hydrogens is 457 g/mol. The van der Waals surface area contributed by atoms with Crippen LogP contribution in [0.1, 0.15) is 47.7 Å². The molecule has 0 heterocycles. The molecule has 0 aliphatic carbocycles. The van der Waals surface area contributed by atoms with E-state index in [1.807, 2.05) is 12.1 Å². The first-order valence-corrected chi connectivity index (χ1v) is 11.7. The summed E-state index contributed by atoms with van der Waals surface area (Å²) in [4.78, 5) is 25.0. The quantitative estimate of drug-likeness (QED) is 0.323. The lowest BCUT2D eigenvalue weighted by atomic mass is 9.99. The van der Waals surface area contributed by atoms with E-state index in [-0.39, 0.29) is 12.3 Å². The maximum absolute atomic E-state index is 12.6. The first-order chi connectivity index (χ1) is 15.9. The predicted molar refractivity (Wildman–Crippen MR) is 135 cm³/mol. The highest BCUT2D eigenvalue weighted by atomic mass is 35.5. The highest BCUT2D eigenvalue weighted by molar-refractivity contribution is 6.42. The first kappa shape index (κ1) is 24.8. The van der Waals surface area contributed by atoms with E-state index >= 15 is 0 Å². The smallest absolute Gasteiger partial charge is 0.339 e. The van der Waals surface area contributed by atoms with Crippen molar-refractivity contribution in [3.63, 3.8) is 0 Å². The topological polar surface area (TPSA) is 55.4 Å². The summed E-state index contributed by atoms with van der Waals surface area (Å²) in [5.74, 6) is -0.713. The molecule has 0 saturated heterocycles. The molecular formula is C27H27Cl2NO3. The monoisotopic (exact) mass is 483 g/mol. The summed E-state index contributed by atoms with van der Waals surface area (Å²) < 4.78 is 4.95. The summed E-state index contributed by atoms with van der Waals surface area (Å²) in [5, 5.41) is 3.76. The van der Waals surface area contributed by atoms with Crippen LogP contribution in [0.4, 0.5) is 5.69 Å². The van der Waals surface area contributed by atoms with E-state index in [0.29, 0.717) is 27.7 Å². The largest absolute Gasteiger partial charge is 0.465 e. The van der Waals surface area contributed by atoms with Crippen LogP contribution in [0, 0.1) is 0 Å². The molecule has 0 aromatic heterocycles. The highest BCUT2D eigenvalue weighted by Gasteiger charge is 2.16. The summed E-state index contributed by atoms with van der Waals surface area (Å²) in [6, 6.07) is 19.0. The Bertz CT molecular complexity index is 1130. The summed E-state index contributed by atoms with van der Waals surface area (Å²) in [5.41, 5.74) is 4.81. The van der Waals surface area contributed by atoms with Crippen molar-refractivity contribution >= 4 is 40.8 Å². The molecule has 0 spiro atoms. The standard InChI is InChI=1S/C27H27Cl2NO3/c1-3-4-5-18-6-10-20(11-7-18)21-12-14-25(22(17-21)27(32)33-2)30-26(31)15-9-19-8-13-23(28)24(29)16-19/h6-8,10-14,16-17H,3-5,9,15H2,1-2H3,(H,30,31). The Kier molecular flexibility index (Phi) is 8.93. The Morgan fingerprint density at radius 3 is 2.21 bits per heavy atom. The fourth-order valence-electron chi connectivity index (χ4n) is 3.52. The highest BCUT2D eigenvalue weighted by Crippen LogP contribution is 2.27. The van der Waals surface area contributed by atoms with Gasteiger partial charge in [-0.05, 0) is 65.8 Å². The van der Waals surface area contributed by atoms with Crippen LogP contribution in [0.5, 0.6) is 0 Å². The van der Waals surface area contributed by atoms with Gasteiger partial charge in [-0.2, -0.15) is 0 Å². The van der Waals surface area contributed by atoms with Crippen LogP contribution < -0.4 is 5.32 Å². The Labute approximate surface area is 204 Å². The second-order valence-corrected chi connectivity index (χ2v) is 8.66. The zero-order chi connectivity index (χ0) is 23.8. The number of hydrogen-bond acceptors (Lipinski definition) is 3. The molecule has 0 saturated carbocycles. The van der Waals surface area contributed by atoms with Gasteiger partial charge in [-0.25, -0.2) is 4.79 Å². The molecule has 172 valence electrons. The summed E-state index contributed by atoms with van der Waals surface area (Å²) in [7, 11) is 1.33. The Morgan fingerprint density at radius 2 is 1.55 bits per heavy atom. The molecule has 0 fully saturated rings. The van der Waals surface area contributed by atoms with Crippen molar-refractivity contribution in [2.45, 2.75) is 39.0 Å². The molecule has 3 rings (SSSR count). The molecule has 1 amide bonds. The number of carbonyl (C=O) groups is 2. The number of methoxy groups -OCH3 is 1. The number of nitrogens with one attached hydrogen (secondary N) is 1. The first-order valence-electron chi connectivity index (χ1n) is 11.0. The number of carbonyl (C=O) groups excluding carboxylic acids is 2. The number of hydrogen-bond donors (Lipinski definition) is 1. The van der Waals surface area contributed by atoms with E-state index in [1.54, 1.807) is 24.3 Å². The Hall–Kier alpha value is -2.82. The number of benzene rings is 3. The molecule has 1 N–H and O–H groups in total. The second kappa shape index (κ2) is 11.9. The lowest BCUT2D eigenvalue weighted by Gasteiger charge is -2.13. The number of unbranched alkanes of at least 4 members (excludes halogenated alkanes) is 1. The molecule has 0 aliphatic heterocycles. The van der Waals surface area contributed by atoms with E-state index in [2.05, 4.69) is 36.5 Å². The number of amides is 1. The molecule has 4 nitrogen and oxygen atoms in total. The average molecular weight is 484 g/mol. The van der Waals surface area contributed by atoms with Gasteiger partial charge in [0.05, 0.1) is 28.4 Å². The summed E-state index contributed by atoms with van der Waals surface area (Å²) in [6.45, 7) is 2.18. The average Bonchev–Trinajstić information content (AvgIpc) is 2.83. The molecule has 0 radical (unpaired) electrons. The van der Waals surface area contributed by atoms with E-state index < -0.39 is 5.97 Å². The molecule has 0 atom stereocenters. The molecule has 0 aliphatic rings. The minimum atomic E-state index is -0.504. The summed E-state index contributed by atoms with van der Waals surface area (Å²) in [6.07, 6.45) is 4.10. The molecule has 6 heteroatoms. The third-order valence-corrected chi connectivity index (χ3v) is 6.17. The number of aryl methyl sites for hydroxylation is 2. The predicted octanol–water partition coefficient (Wildman–Crippen LogP) is 7.36. The maximum Gasteiger partial charge on any atom is 0.339 e. The fourth-order valence-corrected chi connectivity index (χ4v) is 3.84. The Balaban J connectivity index is 1.74. The van der Waals surface area contributed by atoms with Crippen LogP contribution in [0.3, 0.4) is 0 Å². The van der Waals surface area contributed by atoms with Crippen molar-refractivity contribution in [1.29, 1.82) is 0 Å². The SMILES string of the molecule is CCCCc1ccc(-c2ccc(NC(=O)CCc3ccc(Cl)c(Cl)c3)c(C(=O)OC)c2)cc1. The third kappa shape index (κ3) is 6.83. The number of ether oxygens (including phenoxy) is 1. The minimum Gasteiger partial charge on any atom is -0.465 e. The van der Waals surface area contributed by atoms with Crippen molar-refractivity contribution in [3.8, 4) is 11.1 Å². The lowest BCUT2D eigenvalue weighted by Crippen LogP contribution is -2.16. The van der Waals surface area contributed by atoms with Gasteiger partial charge in [0.1, 0.15) is 0 Å². The minimum absolute atomic E-state index is 0.209. The van der Waals surface area contributed by atoms with Crippen molar-refractivity contribution in [3.05, 3.63) is 87.4 Å². The number of halogens is 2. The van der Waals surface area contributed by atoms with Crippen LogP contribution in [-0.4, -0.2) is 19.0 Å². The maximum atomic E-state index is 12.6. The van der Waals surface area contributed by atoms with Crippen molar-refractivity contribution in [1.82, 2.24) is 0 Å². The van der Waals surface area contributed by atoms with E-state index in [9.17, 15) is 9.59 Å². The van der Waals surface area contributed by atoms with Crippen LogP contribution in [0.25, 0.3) is 11.1 Å². The van der Waals surface area contributed by atoms with Crippen LogP contribution in [0.2, 0.25) is 10.0 Å². The zero-order valence-corrected chi connectivity index (χ0v) is 20.3. The lowest BCUT2D eigenvalue weighted by molar-refractivity contribution is -0.116. The second-order valence-electron chi connectivity index (χ2n) is 7.85. The van der Waals surface area contributed by atoms with Gasteiger partial charge in [0, 0.05) is 6.42 Å². The van der Waals surface area contributed by atoms with E-state index in [0.717, 1.165) is 36.0 Å². The van der Waals surface area contributed by atoms with Gasteiger partial charge in [0.2, 0.25) is 5.91 Å². The van der Waals surface area contributed by atoms with E-state index in [4.69, 9.17) is 27.9 Å². The van der Waals surface area contributed by atoms with Crippen LogP contribution in [-0.2, 0) is 22.4 Å². The molecule has 0 bridgehead atoms. The van der Waals surface area contributed by atoms with Crippen molar-refractivity contribution < 1.29 is 14.3 Å². The Morgan fingerprint density at radius 1 is 0.848 bits per heavy atom. The molecule has 3 aromatic rings. The van der Waals surface area contributed by atoms with Crippen molar-refractivity contribution in [2.24, 2.45) is 0 Å². The number of esters is 1. The van der Waals surface area contributed by atoms with Gasteiger partial charge in [-0.15, -0.1) is 0 Å². The molecule has 33 heavy (non-hydrogen) atoms. The van der Waals surface area contributed by atoms with Gasteiger partial charge in [0.15, 0.2) is 0 Å².